The number of rotatable bonds is 1. The maximum Gasteiger partial charge on any atom is 0.228 e. The molecule has 2 rings (SSSR count). The van der Waals surface area contributed by atoms with E-state index in [1.807, 2.05) is 0 Å². The second-order valence-corrected chi connectivity index (χ2v) is 1.91. The summed E-state index contributed by atoms with van der Waals surface area (Å²) in [6.07, 6.45) is 4.38. The third-order valence-electron chi connectivity index (χ3n) is 1.21. The molecule has 0 atom stereocenters. The average molecular weight is 148 g/mol. The van der Waals surface area contributed by atoms with Crippen LogP contribution < -0.4 is 0 Å². The Labute approximate surface area is 62.1 Å². The molecule has 0 aromatic carbocycles. The predicted octanol–water partition coefficient (Wildman–Crippen LogP) is 1.31. The lowest BCUT2D eigenvalue weighted by Crippen LogP contribution is -1.92. The van der Waals surface area contributed by atoms with E-state index in [1.54, 1.807) is 18.6 Å². The van der Waals surface area contributed by atoms with Gasteiger partial charge in [0.2, 0.25) is 6.17 Å². The minimum Gasteiger partial charge on any atom is -0.261 e. The van der Waals surface area contributed by atoms with Crippen LogP contribution in [0.15, 0.2) is 39.3 Å². The SMILES string of the molecule is c1cnc(C2N=NN=N2)cn1. The normalized spacial score (nSPS) is 16.0. The molecule has 0 saturated carbocycles. The van der Waals surface area contributed by atoms with Gasteiger partial charge in [-0.25, -0.2) is 0 Å². The molecule has 1 aromatic heterocycles. The molecule has 6 heteroatoms. The van der Waals surface area contributed by atoms with E-state index in [-0.39, 0.29) is 6.17 Å². The van der Waals surface area contributed by atoms with Gasteiger partial charge >= 0.3 is 0 Å². The van der Waals surface area contributed by atoms with Crippen molar-refractivity contribution in [3.63, 3.8) is 0 Å². The molecule has 0 radical (unpaired) electrons. The van der Waals surface area contributed by atoms with E-state index in [1.165, 1.54) is 0 Å². The molecular formula is C5H4N6. The van der Waals surface area contributed by atoms with Crippen molar-refractivity contribution in [3.05, 3.63) is 24.3 Å². The van der Waals surface area contributed by atoms with Gasteiger partial charge < -0.3 is 0 Å². The second-order valence-electron chi connectivity index (χ2n) is 1.91. The monoisotopic (exact) mass is 148 g/mol. The summed E-state index contributed by atoms with van der Waals surface area (Å²) < 4.78 is 0. The Kier molecular flexibility index (Phi) is 1.36. The summed E-state index contributed by atoms with van der Waals surface area (Å²) >= 11 is 0. The highest BCUT2D eigenvalue weighted by atomic mass is 15.6. The Morgan fingerprint density at radius 1 is 1.09 bits per heavy atom. The summed E-state index contributed by atoms with van der Waals surface area (Å²) in [4.78, 5) is 7.85. The zero-order chi connectivity index (χ0) is 7.52. The summed E-state index contributed by atoms with van der Waals surface area (Å²) in [5.41, 5.74) is 0.664. The first-order valence-electron chi connectivity index (χ1n) is 3.03. The van der Waals surface area contributed by atoms with Gasteiger partial charge in [0.25, 0.3) is 0 Å². The predicted molar refractivity (Wildman–Crippen MR) is 34.5 cm³/mol. The van der Waals surface area contributed by atoms with Gasteiger partial charge in [-0.1, -0.05) is 0 Å². The van der Waals surface area contributed by atoms with Crippen molar-refractivity contribution in [2.24, 2.45) is 20.7 Å². The third-order valence-corrected chi connectivity index (χ3v) is 1.21. The van der Waals surface area contributed by atoms with E-state index in [4.69, 9.17) is 0 Å². The van der Waals surface area contributed by atoms with E-state index < -0.39 is 0 Å². The van der Waals surface area contributed by atoms with E-state index in [0.717, 1.165) is 0 Å². The highest BCUT2D eigenvalue weighted by molar-refractivity contribution is 5.00. The molecule has 0 fully saturated rings. The third kappa shape index (κ3) is 1.09. The van der Waals surface area contributed by atoms with Crippen LogP contribution in [0.2, 0.25) is 0 Å². The van der Waals surface area contributed by atoms with Crippen LogP contribution in [0.25, 0.3) is 0 Å². The molecule has 0 aliphatic carbocycles. The van der Waals surface area contributed by atoms with Crippen LogP contribution in [-0.4, -0.2) is 9.97 Å². The molecular weight excluding hydrogens is 144 g/mol. The molecule has 0 amide bonds. The maximum absolute atomic E-state index is 3.99. The Morgan fingerprint density at radius 3 is 2.55 bits per heavy atom. The first kappa shape index (κ1) is 6.02. The molecule has 1 aliphatic heterocycles. The van der Waals surface area contributed by atoms with Crippen LogP contribution in [0.5, 0.6) is 0 Å². The Bertz CT molecular complexity index is 279. The summed E-state index contributed by atoms with van der Waals surface area (Å²) in [7, 11) is 0. The first-order valence-corrected chi connectivity index (χ1v) is 3.03. The summed E-state index contributed by atoms with van der Waals surface area (Å²) in [5.74, 6) is 0. The van der Waals surface area contributed by atoms with Crippen molar-refractivity contribution in [1.82, 2.24) is 9.97 Å². The van der Waals surface area contributed by atoms with E-state index in [9.17, 15) is 0 Å². The minimum absolute atomic E-state index is 0.385. The Morgan fingerprint density at radius 2 is 1.91 bits per heavy atom. The standard InChI is InChI=1S/C5H4N6/c1-2-7-4(3-6-1)5-8-10-11-9-5/h1-3,5H. The highest BCUT2D eigenvalue weighted by Crippen LogP contribution is 2.20. The number of nitrogens with zero attached hydrogens (tertiary/aromatic N) is 6. The lowest BCUT2D eigenvalue weighted by Gasteiger charge is -1.96. The van der Waals surface area contributed by atoms with Gasteiger partial charge in [0.1, 0.15) is 5.69 Å². The van der Waals surface area contributed by atoms with Gasteiger partial charge in [-0.2, -0.15) is 0 Å². The Balaban J connectivity index is 2.30. The molecule has 54 valence electrons. The van der Waals surface area contributed by atoms with Gasteiger partial charge in [-0.3, -0.25) is 9.97 Å². The van der Waals surface area contributed by atoms with Crippen molar-refractivity contribution in [2.45, 2.75) is 6.17 Å². The summed E-state index contributed by atoms with van der Waals surface area (Å²) in [6.45, 7) is 0. The lowest BCUT2D eigenvalue weighted by atomic mass is 10.4. The van der Waals surface area contributed by atoms with Gasteiger partial charge in [0.15, 0.2) is 0 Å². The second kappa shape index (κ2) is 2.49. The van der Waals surface area contributed by atoms with Crippen molar-refractivity contribution >= 4 is 0 Å². The van der Waals surface area contributed by atoms with Gasteiger partial charge in [0.05, 0.1) is 6.20 Å². The van der Waals surface area contributed by atoms with E-state index >= 15 is 0 Å². The van der Waals surface area contributed by atoms with Crippen LogP contribution in [-0.2, 0) is 0 Å². The molecule has 0 unspecified atom stereocenters. The molecule has 0 bridgehead atoms. The van der Waals surface area contributed by atoms with Crippen molar-refractivity contribution < 1.29 is 0 Å². The zero-order valence-corrected chi connectivity index (χ0v) is 5.49. The fourth-order valence-corrected chi connectivity index (χ4v) is 0.729. The quantitative estimate of drug-likeness (QED) is 0.602. The first-order chi connectivity index (χ1) is 5.47. The number of hydrogen-bond donors (Lipinski definition) is 0. The molecule has 11 heavy (non-hydrogen) atoms. The topological polar surface area (TPSA) is 75.2 Å². The van der Waals surface area contributed by atoms with Gasteiger partial charge in [0, 0.05) is 12.4 Å². The van der Waals surface area contributed by atoms with Crippen molar-refractivity contribution in [3.8, 4) is 0 Å². The fraction of sp³-hybridized carbons (Fsp3) is 0.200. The molecule has 0 N–H and O–H groups in total. The van der Waals surface area contributed by atoms with E-state index in [0.29, 0.717) is 5.69 Å². The zero-order valence-electron chi connectivity index (χ0n) is 5.49. The van der Waals surface area contributed by atoms with Gasteiger partial charge in [-0.15, -0.1) is 10.2 Å². The van der Waals surface area contributed by atoms with E-state index in [2.05, 4.69) is 30.6 Å². The average Bonchev–Trinajstić information content (AvgIpc) is 2.58. The van der Waals surface area contributed by atoms with Crippen LogP contribution in [0.3, 0.4) is 0 Å². The molecule has 1 aromatic rings. The number of aromatic nitrogens is 2. The van der Waals surface area contributed by atoms with Gasteiger partial charge in [-0.05, 0) is 10.4 Å². The largest absolute Gasteiger partial charge is 0.261 e. The van der Waals surface area contributed by atoms with Crippen LogP contribution in [0, 0.1) is 0 Å². The molecule has 2 heterocycles. The Hall–Kier alpha value is -1.72. The minimum atomic E-state index is -0.385. The summed E-state index contributed by atoms with van der Waals surface area (Å²) in [5, 5.41) is 14.1. The maximum atomic E-state index is 3.99. The van der Waals surface area contributed by atoms with Crippen molar-refractivity contribution in [2.75, 3.05) is 0 Å². The fourth-order valence-electron chi connectivity index (χ4n) is 0.729. The molecule has 0 saturated heterocycles. The van der Waals surface area contributed by atoms with Crippen LogP contribution >= 0.6 is 0 Å². The van der Waals surface area contributed by atoms with Crippen molar-refractivity contribution in [1.29, 1.82) is 0 Å². The highest BCUT2D eigenvalue weighted by Gasteiger charge is 2.12. The van der Waals surface area contributed by atoms with Crippen LogP contribution in [0.1, 0.15) is 11.9 Å². The van der Waals surface area contributed by atoms with Crippen LogP contribution in [0.4, 0.5) is 0 Å². The molecule has 0 spiro atoms. The number of hydrogen-bond acceptors (Lipinski definition) is 6. The lowest BCUT2D eigenvalue weighted by molar-refractivity contribution is 0.728. The summed E-state index contributed by atoms with van der Waals surface area (Å²) in [6, 6.07) is 0. The molecule has 1 aliphatic rings. The smallest absolute Gasteiger partial charge is 0.228 e. The molecule has 6 nitrogen and oxygen atoms in total.